The molecule has 0 radical (unpaired) electrons. The molecule has 8 fully saturated rings. The van der Waals surface area contributed by atoms with Crippen LogP contribution in [-0.2, 0) is 37.2 Å². The summed E-state index contributed by atoms with van der Waals surface area (Å²) in [6, 6.07) is 49.0. The van der Waals surface area contributed by atoms with Crippen molar-refractivity contribution in [3.8, 4) is 44.5 Å². The maximum absolute atomic E-state index is 10.1. The van der Waals surface area contributed by atoms with E-state index in [0.29, 0.717) is 0 Å². The molecule has 0 heterocycles. The third-order valence-corrected chi connectivity index (χ3v) is 76.2. The first-order valence-electron chi connectivity index (χ1n) is 34.2. The zero-order chi connectivity index (χ0) is 60.5. The summed E-state index contributed by atoms with van der Waals surface area (Å²) in [6.45, 7) is 33.5. The van der Waals surface area contributed by atoms with E-state index >= 15 is 0 Å². The summed E-state index contributed by atoms with van der Waals surface area (Å²) in [5, 5.41) is 0. The van der Waals surface area contributed by atoms with Gasteiger partial charge in [-0.25, -0.2) is 0 Å². The summed E-state index contributed by atoms with van der Waals surface area (Å²) in [5.74, 6) is 3.06. The van der Waals surface area contributed by atoms with Gasteiger partial charge in [-0.15, -0.1) is 0 Å². The second-order valence-electron chi connectivity index (χ2n) is 35.2. The zero-order valence-corrected chi connectivity index (χ0v) is 60.2. The molecule has 10 aliphatic rings. The number of hydrogen-bond donors (Lipinski definition) is 0. The van der Waals surface area contributed by atoms with Gasteiger partial charge in [0.1, 0.15) is 0 Å². The van der Waals surface area contributed by atoms with Crippen LogP contribution in [0.25, 0.3) is 56.7 Å². The molecule has 16 rings (SSSR count). The summed E-state index contributed by atoms with van der Waals surface area (Å²) >= 11 is -5.72. The van der Waals surface area contributed by atoms with Crippen molar-refractivity contribution in [3.63, 3.8) is 0 Å². The fourth-order valence-corrected chi connectivity index (χ4v) is 52.0. The summed E-state index contributed by atoms with van der Waals surface area (Å²) in [5.41, 5.74) is 25.8. The quantitative estimate of drug-likeness (QED) is 0.113. The minimum atomic E-state index is -5.72. The van der Waals surface area contributed by atoms with Crippen LogP contribution in [0.4, 0.5) is 0 Å². The van der Waals surface area contributed by atoms with E-state index in [-0.39, 0.29) is 39.7 Å². The molecule has 8 saturated carbocycles. The van der Waals surface area contributed by atoms with Gasteiger partial charge in [-0.3, -0.25) is 0 Å². The van der Waals surface area contributed by atoms with E-state index in [1.165, 1.54) is 166 Å². The van der Waals surface area contributed by atoms with Crippen LogP contribution in [-0.4, -0.2) is 5.92 Å². The molecule has 0 aliphatic heterocycles. The van der Waals surface area contributed by atoms with Gasteiger partial charge >= 0.3 is 533 Å². The van der Waals surface area contributed by atoms with E-state index in [1.54, 1.807) is 11.1 Å². The zero-order valence-electron chi connectivity index (χ0n) is 55.1. The Bertz CT molecular complexity index is 3380. The molecule has 2 atom stereocenters. The Morgan fingerprint density at radius 1 is 0.360 bits per heavy atom. The molecule has 0 nitrogen and oxygen atoms in total. The first kappa shape index (κ1) is 60.1. The predicted molar refractivity (Wildman–Crippen MR) is 372 cm³/mol. The molecule has 4 heteroatoms. The van der Waals surface area contributed by atoms with Crippen LogP contribution in [0.2, 0.25) is 13.1 Å². The first-order valence-corrected chi connectivity index (χ1v) is 50.5. The third kappa shape index (κ3) is 10.3. The number of rotatable bonds is 11. The molecule has 0 saturated heterocycles. The SMILES string of the molecule is C[SiH](C)[Zr]([Cl])([Cl])([CH]1C(CC23CC4CC(CC(C4)C2)C3)=Cc2c(-c3ccc(C(C)(C)C)cc3)ccc(-c3ccc(C(C)(C)C)cc3)c21)[CH]1C(CC23CC4CC(CC(C4)C2)C3)=Cc2c(-c3ccc(C(C)(C)C)cc3)ccc(-c3ccc(C(C)(C)C)cc3)c21. The fraction of sp³-hybridized carbons (Fsp3) is 0.512. The van der Waals surface area contributed by atoms with E-state index in [9.17, 15) is 17.0 Å². The second-order valence-corrected chi connectivity index (χ2v) is 77.7. The van der Waals surface area contributed by atoms with Crippen molar-refractivity contribution >= 4 is 35.1 Å². The number of fused-ring (bicyclic) bond motifs is 2. The third-order valence-electron chi connectivity index (χ3n) is 24.5. The molecule has 6 aromatic rings. The minimum absolute atomic E-state index is 0.0391. The van der Waals surface area contributed by atoms with Crippen LogP contribution in [0.5, 0.6) is 0 Å². The molecular weight excluding hydrogens is 1180 g/mol. The van der Waals surface area contributed by atoms with Crippen LogP contribution >= 0.6 is 17.0 Å². The normalized spacial score (nSPS) is 28.8. The van der Waals surface area contributed by atoms with Gasteiger partial charge in [0.15, 0.2) is 0 Å². The Morgan fingerprint density at radius 3 is 0.826 bits per heavy atom. The van der Waals surface area contributed by atoms with E-state index in [1.807, 2.05) is 0 Å². The summed E-state index contributed by atoms with van der Waals surface area (Å²) < 4.78 is -0.0795. The summed E-state index contributed by atoms with van der Waals surface area (Å²) in [7, 11) is 20.3. The van der Waals surface area contributed by atoms with Crippen LogP contribution in [0, 0.1) is 46.3 Å². The molecule has 451 valence electrons. The Labute approximate surface area is 529 Å². The van der Waals surface area contributed by atoms with E-state index < -0.39 is 21.5 Å². The van der Waals surface area contributed by atoms with Crippen molar-refractivity contribution in [2.75, 3.05) is 0 Å². The Balaban J connectivity index is 1.06. The van der Waals surface area contributed by atoms with Crippen molar-refractivity contribution in [2.24, 2.45) is 46.3 Å². The molecule has 8 bridgehead atoms. The van der Waals surface area contributed by atoms with Crippen molar-refractivity contribution in [1.82, 2.24) is 0 Å². The number of benzene rings is 6. The van der Waals surface area contributed by atoms with Gasteiger partial charge in [0.2, 0.25) is 0 Å². The predicted octanol–water partition coefficient (Wildman–Crippen LogP) is 24.3. The molecule has 0 aromatic heterocycles. The molecule has 6 aromatic carbocycles. The maximum atomic E-state index is 10.1. The fourth-order valence-electron chi connectivity index (χ4n) is 21.0. The molecule has 0 amide bonds. The summed E-state index contributed by atoms with van der Waals surface area (Å²) in [4.78, 5) is 0. The number of allylic oxidation sites excluding steroid dienone is 2. The average molecular weight is 1280 g/mol. The molecule has 10 aliphatic carbocycles. The molecule has 2 unspecified atom stereocenters. The first-order chi connectivity index (χ1) is 40.4. The summed E-state index contributed by atoms with van der Waals surface area (Å²) in [6.07, 6.45) is 24.7. The monoisotopic (exact) mass is 1270 g/mol. The van der Waals surface area contributed by atoms with Gasteiger partial charge in [0.25, 0.3) is 0 Å². The molecule has 0 N–H and O–H groups in total. The van der Waals surface area contributed by atoms with Gasteiger partial charge in [-0.2, -0.15) is 0 Å². The van der Waals surface area contributed by atoms with Gasteiger partial charge in [0.05, 0.1) is 0 Å². The second kappa shape index (κ2) is 20.7. The van der Waals surface area contributed by atoms with Crippen LogP contribution in [0.15, 0.2) is 132 Å². The van der Waals surface area contributed by atoms with Crippen molar-refractivity contribution in [3.05, 3.63) is 177 Å². The van der Waals surface area contributed by atoms with E-state index in [2.05, 4.69) is 230 Å². The Kier molecular flexibility index (Phi) is 14.5. The van der Waals surface area contributed by atoms with Gasteiger partial charge in [-0.1, -0.05) is 0 Å². The van der Waals surface area contributed by atoms with E-state index in [0.717, 1.165) is 48.3 Å². The van der Waals surface area contributed by atoms with Gasteiger partial charge in [0, 0.05) is 0 Å². The Morgan fingerprint density at radius 2 is 0.593 bits per heavy atom. The van der Waals surface area contributed by atoms with Crippen molar-refractivity contribution in [2.45, 2.75) is 215 Å². The number of hydrogen-bond acceptors (Lipinski definition) is 0. The van der Waals surface area contributed by atoms with Crippen LogP contribution < -0.4 is 0 Å². The molecule has 86 heavy (non-hydrogen) atoms. The molecular formula is C82H101Cl2SiZr. The average Bonchev–Trinajstić information content (AvgIpc) is 1.43. The van der Waals surface area contributed by atoms with E-state index in [4.69, 9.17) is 0 Å². The number of halogens is 2. The topological polar surface area (TPSA) is 0 Å². The molecule has 0 spiro atoms. The van der Waals surface area contributed by atoms with Crippen LogP contribution in [0.1, 0.15) is 225 Å². The van der Waals surface area contributed by atoms with Crippen molar-refractivity contribution < 1.29 is 15.6 Å². The standard InChI is InChI=1S/2C40H47.C2H7Si.2ClH.Zr/c2*1-38(2,3)32-11-7-30(8-12-32)34-15-16-35(31-9-13-33(14-10-31)39(4,5)6)37-21-29(20-36(34)37)25-40-22-26-17-27(23-40)19-28(18-26)24-40;1-3-2;;;/h2*7-16,20-21,26-28H,17-19,22-25H2,1-6H3;3H,1-2H3;2*1H;/q;;;;;+2/p-2. The Hall–Kier alpha value is -3.52. The van der Waals surface area contributed by atoms with Crippen LogP contribution in [0.3, 0.4) is 0 Å². The van der Waals surface area contributed by atoms with Gasteiger partial charge in [-0.05, 0) is 0 Å². The van der Waals surface area contributed by atoms with Crippen molar-refractivity contribution in [1.29, 1.82) is 0 Å². The van der Waals surface area contributed by atoms with Gasteiger partial charge < -0.3 is 0 Å².